The molecule has 1 saturated heterocycles. The summed E-state index contributed by atoms with van der Waals surface area (Å²) >= 11 is 0. The number of benzene rings is 2. The minimum absolute atomic E-state index is 0.105. The zero-order valence-electron chi connectivity index (χ0n) is 15.1. The van der Waals surface area contributed by atoms with Gasteiger partial charge in [0.1, 0.15) is 5.69 Å². The Morgan fingerprint density at radius 2 is 1.92 bits per heavy atom. The summed E-state index contributed by atoms with van der Waals surface area (Å²) in [6.07, 6.45) is 2.87. The molecule has 0 saturated carbocycles. The highest BCUT2D eigenvalue weighted by Gasteiger charge is 2.29. The lowest BCUT2D eigenvalue weighted by atomic mass is 10.0. The van der Waals surface area contributed by atoms with Gasteiger partial charge in [-0.1, -0.05) is 53.2 Å². The van der Waals surface area contributed by atoms with Gasteiger partial charge in [-0.2, -0.15) is 0 Å². The van der Waals surface area contributed by atoms with Gasteiger partial charge in [-0.25, -0.2) is 4.68 Å². The van der Waals surface area contributed by atoms with Crippen LogP contribution in [0.5, 0.6) is 0 Å². The van der Waals surface area contributed by atoms with Crippen molar-refractivity contribution in [2.24, 2.45) is 0 Å². The topological polar surface area (TPSA) is 51.0 Å². The second-order valence-corrected chi connectivity index (χ2v) is 6.96. The second kappa shape index (κ2) is 6.75. The Hall–Kier alpha value is -2.95. The van der Waals surface area contributed by atoms with Gasteiger partial charge in [0, 0.05) is 24.2 Å². The van der Waals surface area contributed by atoms with E-state index in [4.69, 9.17) is 0 Å². The fourth-order valence-corrected chi connectivity index (χ4v) is 3.56. The average molecular weight is 346 g/mol. The van der Waals surface area contributed by atoms with Crippen molar-refractivity contribution in [2.45, 2.75) is 26.3 Å². The average Bonchev–Trinajstić information content (AvgIpc) is 3.31. The Balaban J connectivity index is 1.49. The van der Waals surface area contributed by atoms with Crippen molar-refractivity contribution < 1.29 is 4.79 Å². The SMILES string of the molecule is Cc1ccc(C(=O)N2CCC(n3cc(-c4ccccc4)nn3)C2)c(C)c1. The van der Waals surface area contributed by atoms with Crippen molar-refractivity contribution in [1.82, 2.24) is 19.9 Å². The van der Waals surface area contributed by atoms with E-state index >= 15 is 0 Å². The lowest BCUT2D eigenvalue weighted by Gasteiger charge is -2.18. The molecule has 0 aliphatic carbocycles. The first-order valence-corrected chi connectivity index (χ1v) is 8.95. The molecule has 5 nitrogen and oxygen atoms in total. The van der Waals surface area contributed by atoms with Gasteiger partial charge in [-0.05, 0) is 31.9 Å². The summed E-state index contributed by atoms with van der Waals surface area (Å²) in [6.45, 7) is 5.46. The molecule has 1 unspecified atom stereocenters. The molecular formula is C21H22N4O. The van der Waals surface area contributed by atoms with Crippen molar-refractivity contribution in [3.05, 3.63) is 71.4 Å². The van der Waals surface area contributed by atoms with E-state index in [1.807, 2.05) is 72.1 Å². The fraction of sp³-hybridized carbons (Fsp3) is 0.286. The summed E-state index contributed by atoms with van der Waals surface area (Å²) in [5.74, 6) is 0.105. The highest BCUT2D eigenvalue weighted by atomic mass is 16.2. The monoisotopic (exact) mass is 346 g/mol. The molecule has 1 fully saturated rings. The van der Waals surface area contributed by atoms with Crippen molar-refractivity contribution in [3.63, 3.8) is 0 Å². The predicted molar refractivity (Wildman–Crippen MR) is 101 cm³/mol. The van der Waals surface area contributed by atoms with Crippen LogP contribution in [0.25, 0.3) is 11.3 Å². The molecule has 2 aromatic carbocycles. The van der Waals surface area contributed by atoms with Crippen LogP contribution in [-0.2, 0) is 0 Å². The third kappa shape index (κ3) is 3.12. The van der Waals surface area contributed by atoms with E-state index in [9.17, 15) is 4.79 Å². The maximum absolute atomic E-state index is 12.9. The van der Waals surface area contributed by atoms with Crippen LogP contribution in [-0.4, -0.2) is 38.9 Å². The lowest BCUT2D eigenvalue weighted by molar-refractivity contribution is 0.0786. The smallest absolute Gasteiger partial charge is 0.254 e. The molecule has 26 heavy (non-hydrogen) atoms. The molecule has 132 valence electrons. The van der Waals surface area contributed by atoms with Crippen molar-refractivity contribution in [3.8, 4) is 11.3 Å². The number of likely N-dealkylation sites (tertiary alicyclic amines) is 1. The number of aryl methyl sites for hydroxylation is 2. The molecule has 1 amide bonds. The molecule has 2 heterocycles. The van der Waals surface area contributed by atoms with E-state index in [-0.39, 0.29) is 11.9 Å². The summed E-state index contributed by atoms with van der Waals surface area (Å²) in [7, 11) is 0. The van der Waals surface area contributed by atoms with E-state index in [0.717, 1.165) is 35.3 Å². The van der Waals surface area contributed by atoms with Crippen LogP contribution < -0.4 is 0 Å². The molecule has 5 heteroatoms. The van der Waals surface area contributed by atoms with Crippen molar-refractivity contribution >= 4 is 5.91 Å². The Bertz CT molecular complexity index is 932. The Kier molecular flexibility index (Phi) is 4.29. The summed E-state index contributed by atoms with van der Waals surface area (Å²) in [5.41, 5.74) is 4.92. The zero-order chi connectivity index (χ0) is 18.1. The molecule has 0 bridgehead atoms. The van der Waals surface area contributed by atoms with Crippen LogP contribution in [0.2, 0.25) is 0 Å². The van der Waals surface area contributed by atoms with E-state index in [1.54, 1.807) is 0 Å². The highest BCUT2D eigenvalue weighted by Crippen LogP contribution is 2.25. The molecule has 4 rings (SSSR count). The predicted octanol–water partition coefficient (Wildman–Crippen LogP) is 3.65. The molecular weight excluding hydrogens is 324 g/mol. The number of rotatable bonds is 3. The van der Waals surface area contributed by atoms with Crippen LogP contribution >= 0.6 is 0 Å². The second-order valence-electron chi connectivity index (χ2n) is 6.96. The molecule has 3 aromatic rings. The summed E-state index contributed by atoms with van der Waals surface area (Å²) in [6, 6.07) is 16.2. The van der Waals surface area contributed by atoms with Crippen LogP contribution in [0.15, 0.2) is 54.7 Å². The van der Waals surface area contributed by atoms with E-state index in [2.05, 4.69) is 16.4 Å². The minimum Gasteiger partial charge on any atom is -0.336 e. The molecule has 1 aliphatic rings. The third-order valence-corrected chi connectivity index (χ3v) is 5.02. The first kappa shape index (κ1) is 16.5. The molecule has 1 aliphatic heterocycles. The maximum atomic E-state index is 12.9. The van der Waals surface area contributed by atoms with Crippen LogP contribution in [0.1, 0.15) is 33.9 Å². The summed E-state index contributed by atoms with van der Waals surface area (Å²) in [5, 5.41) is 8.59. The Morgan fingerprint density at radius 3 is 2.69 bits per heavy atom. The van der Waals surface area contributed by atoms with Gasteiger partial charge in [0.25, 0.3) is 5.91 Å². The molecule has 0 radical (unpaired) electrons. The number of hydrogen-bond acceptors (Lipinski definition) is 3. The normalized spacial score (nSPS) is 16.8. The first-order valence-electron chi connectivity index (χ1n) is 8.95. The van der Waals surface area contributed by atoms with Gasteiger partial charge in [0.05, 0.1) is 12.2 Å². The van der Waals surface area contributed by atoms with Crippen LogP contribution in [0.3, 0.4) is 0 Å². The third-order valence-electron chi connectivity index (χ3n) is 5.02. The largest absolute Gasteiger partial charge is 0.336 e. The van der Waals surface area contributed by atoms with Crippen LogP contribution in [0.4, 0.5) is 0 Å². The lowest BCUT2D eigenvalue weighted by Crippen LogP contribution is -2.29. The number of nitrogens with zero attached hydrogens (tertiary/aromatic N) is 4. The summed E-state index contributed by atoms with van der Waals surface area (Å²) < 4.78 is 1.90. The quantitative estimate of drug-likeness (QED) is 0.727. The van der Waals surface area contributed by atoms with Gasteiger partial charge in [-0.15, -0.1) is 5.10 Å². The van der Waals surface area contributed by atoms with Gasteiger partial charge in [-0.3, -0.25) is 4.79 Å². The fourth-order valence-electron chi connectivity index (χ4n) is 3.56. The number of aromatic nitrogens is 3. The van der Waals surface area contributed by atoms with Gasteiger partial charge in [0.15, 0.2) is 0 Å². The van der Waals surface area contributed by atoms with Crippen molar-refractivity contribution in [1.29, 1.82) is 0 Å². The molecule has 0 N–H and O–H groups in total. The first-order chi connectivity index (χ1) is 12.6. The summed E-state index contributed by atoms with van der Waals surface area (Å²) in [4.78, 5) is 14.8. The Morgan fingerprint density at radius 1 is 1.12 bits per heavy atom. The van der Waals surface area contributed by atoms with E-state index in [0.29, 0.717) is 6.54 Å². The van der Waals surface area contributed by atoms with Gasteiger partial charge in [0.2, 0.25) is 0 Å². The van der Waals surface area contributed by atoms with Crippen molar-refractivity contribution in [2.75, 3.05) is 13.1 Å². The minimum atomic E-state index is 0.105. The number of carbonyl (C=O) groups is 1. The Labute approximate surface area is 153 Å². The zero-order valence-corrected chi connectivity index (χ0v) is 15.1. The highest BCUT2D eigenvalue weighted by molar-refractivity contribution is 5.95. The number of hydrogen-bond donors (Lipinski definition) is 0. The molecule has 0 spiro atoms. The van der Waals surface area contributed by atoms with Gasteiger partial charge < -0.3 is 4.90 Å². The molecule has 1 atom stereocenters. The van der Waals surface area contributed by atoms with E-state index < -0.39 is 0 Å². The van der Waals surface area contributed by atoms with Crippen LogP contribution in [0, 0.1) is 13.8 Å². The maximum Gasteiger partial charge on any atom is 0.254 e. The standard InChI is InChI=1S/C21H22N4O/c1-15-8-9-19(16(2)12-15)21(26)24-11-10-18(13-24)25-14-20(22-23-25)17-6-4-3-5-7-17/h3-9,12,14,18H,10-11,13H2,1-2H3. The van der Waals surface area contributed by atoms with E-state index in [1.165, 1.54) is 5.56 Å². The number of carbonyl (C=O) groups excluding carboxylic acids is 1. The molecule has 1 aromatic heterocycles. The van der Waals surface area contributed by atoms with Gasteiger partial charge >= 0.3 is 0 Å². The number of amides is 1.